The van der Waals surface area contributed by atoms with Gasteiger partial charge in [0.05, 0.1) is 5.25 Å². The van der Waals surface area contributed by atoms with Crippen LogP contribution in [0.1, 0.15) is 13.8 Å². The molecule has 1 aromatic heterocycles. The van der Waals surface area contributed by atoms with E-state index in [0.717, 1.165) is 4.34 Å². The molecule has 3 N–H and O–H groups in total. The van der Waals surface area contributed by atoms with E-state index in [1.54, 1.807) is 30.3 Å². The second kappa shape index (κ2) is 9.19. The van der Waals surface area contributed by atoms with E-state index in [0.29, 0.717) is 23.1 Å². The van der Waals surface area contributed by atoms with E-state index in [-0.39, 0.29) is 17.1 Å². The minimum Gasteiger partial charge on any atom is -0.357 e. The number of carbonyl (C=O) groups excluding carboxylic acids is 2. The molecule has 2 aromatic rings. The van der Waals surface area contributed by atoms with Crippen LogP contribution in [0, 0.1) is 0 Å². The van der Waals surface area contributed by atoms with Crippen molar-refractivity contribution in [2.24, 2.45) is 0 Å². The quantitative estimate of drug-likeness (QED) is 0.483. The molecule has 9 heteroatoms. The Bertz CT molecular complexity index is 745. The number of carbonyl (C=O) groups is 2. The second-order valence-corrected chi connectivity index (χ2v) is 7.62. The van der Waals surface area contributed by atoms with Crippen LogP contribution in [-0.2, 0) is 9.59 Å². The normalized spacial score (nSPS) is 11.4. The average molecular weight is 377 g/mol. The maximum Gasteiger partial charge on any atom is 0.237 e. The van der Waals surface area contributed by atoms with Crippen molar-refractivity contribution in [3.05, 3.63) is 36.9 Å². The van der Waals surface area contributed by atoms with Gasteiger partial charge >= 0.3 is 0 Å². The van der Waals surface area contributed by atoms with Crippen LogP contribution in [0.2, 0.25) is 0 Å². The monoisotopic (exact) mass is 377 g/mol. The number of hydrogen-bond donors (Lipinski definition) is 3. The maximum atomic E-state index is 12.3. The third-order valence-electron chi connectivity index (χ3n) is 2.92. The number of thioether (sulfide) groups is 1. The Morgan fingerprint density at radius 2 is 1.88 bits per heavy atom. The van der Waals surface area contributed by atoms with Crippen LogP contribution >= 0.6 is 23.1 Å². The van der Waals surface area contributed by atoms with Gasteiger partial charge in [0.25, 0.3) is 0 Å². The smallest absolute Gasteiger partial charge is 0.237 e. The van der Waals surface area contributed by atoms with Crippen LogP contribution in [0.25, 0.3) is 0 Å². The summed E-state index contributed by atoms with van der Waals surface area (Å²) in [5.41, 5.74) is 1.35. The van der Waals surface area contributed by atoms with Gasteiger partial charge in [-0.1, -0.05) is 29.2 Å². The third kappa shape index (κ3) is 6.20. The van der Waals surface area contributed by atoms with Crippen LogP contribution in [0.4, 0.5) is 16.5 Å². The van der Waals surface area contributed by atoms with E-state index < -0.39 is 0 Å². The fourth-order valence-electron chi connectivity index (χ4n) is 1.78. The van der Waals surface area contributed by atoms with Gasteiger partial charge in [-0.05, 0) is 31.2 Å². The van der Waals surface area contributed by atoms with Crippen molar-refractivity contribution in [3.8, 4) is 0 Å². The zero-order valence-corrected chi connectivity index (χ0v) is 15.5. The van der Waals surface area contributed by atoms with Gasteiger partial charge in [0.1, 0.15) is 0 Å². The molecule has 2 rings (SSSR count). The van der Waals surface area contributed by atoms with Crippen molar-refractivity contribution in [1.82, 2.24) is 10.2 Å². The lowest BCUT2D eigenvalue weighted by Gasteiger charge is -2.11. The number of rotatable bonds is 8. The molecule has 25 heavy (non-hydrogen) atoms. The Morgan fingerprint density at radius 3 is 2.48 bits per heavy atom. The molecule has 0 aliphatic heterocycles. The fraction of sp³-hybridized carbons (Fsp3) is 0.250. The van der Waals surface area contributed by atoms with Crippen LogP contribution in [0.5, 0.6) is 0 Å². The van der Waals surface area contributed by atoms with Gasteiger partial charge < -0.3 is 16.0 Å². The molecule has 0 saturated carbocycles. The number of nitrogens with zero attached hydrogens (tertiary/aromatic N) is 2. The number of hydrogen-bond acceptors (Lipinski definition) is 7. The molecule has 0 aliphatic carbocycles. The molecule has 0 fully saturated rings. The molecule has 2 amide bonds. The topological polar surface area (TPSA) is 96.0 Å². The van der Waals surface area contributed by atoms with Gasteiger partial charge in [-0.2, -0.15) is 0 Å². The summed E-state index contributed by atoms with van der Waals surface area (Å²) in [5, 5.41) is 17.0. The highest BCUT2D eigenvalue weighted by Crippen LogP contribution is 2.29. The first-order valence-electron chi connectivity index (χ1n) is 7.51. The summed E-state index contributed by atoms with van der Waals surface area (Å²) in [4.78, 5) is 23.3. The average Bonchev–Trinajstić information content (AvgIpc) is 3.01. The van der Waals surface area contributed by atoms with Crippen molar-refractivity contribution in [3.63, 3.8) is 0 Å². The highest BCUT2D eigenvalue weighted by molar-refractivity contribution is 8.02. The number of anilines is 3. The Labute approximate surface area is 154 Å². The van der Waals surface area contributed by atoms with Crippen LogP contribution in [0.15, 0.2) is 41.3 Å². The number of benzene rings is 1. The number of amides is 2. The minimum atomic E-state index is -0.324. The Balaban J connectivity index is 1.88. The first kappa shape index (κ1) is 18.9. The largest absolute Gasteiger partial charge is 0.357 e. The highest BCUT2D eigenvalue weighted by Gasteiger charge is 2.17. The predicted molar refractivity (Wildman–Crippen MR) is 103 cm³/mol. The van der Waals surface area contributed by atoms with Crippen LogP contribution < -0.4 is 16.0 Å². The Morgan fingerprint density at radius 1 is 1.24 bits per heavy atom. The zero-order chi connectivity index (χ0) is 18.2. The van der Waals surface area contributed by atoms with E-state index in [1.807, 2.05) is 6.92 Å². The molecule has 0 spiro atoms. The summed E-state index contributed by atoms with van der Waals surface area (Å²) < 4.78 is 0.718. The van der Waals surface area contributed by atoms with E-state index in [9.17, 15) is 9.59 Å². The molecule has 1 aromatic carbocycles. The highest BCUT2D eigenvalue weighted by atomic mass is 32.2. The molecule has 1 heterocycles. The Hall–Kier alpha value is -2.39. The molecule has 0 aliphatic rings. The lowest BCUT2D eigenvalue weighted by molar-refractivity contribution is -0.115. The van der Waals surface area contributed by atoms with E-state index in [2.05, 4.69) is 32.7 Å². The molecule has 132 valence electrons. The van der Waals surface area contributed by atoms with Gasteiger partial charge in [-0.3, -0.25) is 9.59 Å². The van der Waals surface area contributed by atoms with Gasteiger partial charge in [0, 0.05) is 24.8 Å². The first-order chi connectivity index (χ1) is 12.0. The minimum absolute atomic E-state index is 0.131. The molecular formula is C16H19N5O2S2. The molecule has 7 nitrogen and oxygen atoms in total. The lowest BCUT2D eigenvalue weighted by Crippen LogP contribution is -2.22. The van der Waals surface area contributed by atoms with Crippen molar-refractivity contribution >= 4 is 51.4 Å². The first-order valence-corrected chi connectivity index (χ1v) is 9.21. The molecule has 1 unspecified atom stereocenters. The predicted octanol–water partition coefficient (Wildman–Crippen LogP) is 3.21. The third-order valence-corrected chi connectivity index (χ3v) is 4.99. The maximum absolute atomic E-state index is 12.3. The summed E-state index contributed by atoms with van der Waals surface area (Å²) >= 11 is 2.74. The lowest BCUT2D eigenvalue weighted by atomic mass is 10.2. The van der Waals surface area contributed by atoms with Crippen LogP contribution in [-0.4, -0.2) is 33.8 Å². The standard InChI is InChI=1S/C16H19N5O2S2/c1-4-9-17-15-20-21-16(25-15)24-10(2)14(23)19-13-7-5-12(6-8-13)18-11(3)22/h4-8,10H,1,9H2,2-3H3,(H,17,20)(H,18,22)(H,19,23). The van der Waals surface area contributed by atoms with Gasteiger partial charge in [-0.25, -0.2) is 0 Å². The summed E-state index contributed by atoms with van der Waals surface area (Å²) in [6.45, 7) is 7.50. The molecule has 0 bridgehead atoms. The van der Waals surface area contributed by atoms with E-state index in [4.69, 9.17) is 0 Å². The van der Waals surface area contributed by atoms with E-state index in [1.165, 1.54) is 30.0 Å². The van der Waals surface area contributed by atoms with Crippen molar-refractivity contribution in [2.45, 2.75) is 23.4 Å². The Kier molecular flexibility index (Phi) is 6.96. The molecule has 0 radical (unpaired) electrons. The summed E-state index contributed by atoms with van der Waals surface area (Å²) in [7, 11) is 0. The van der Waals surface area contributed by atoms with Crippen molar-refractivity contribution < 1.29 is 9.59 Å². The van der Waals surface area contributed by atoms with Crippen molar-refractivity contribution in [2.75, 3.05) is 22.5 Å². The number of aromatic nitrogens is 2. The summed E-state index contributed by atoms with van der Waals surface area (Å²) in [6.07, 6.45) is 1.74. The molecule has 0 saturated heterocycles. The molecular weight excluding hydrogens is 358 g/mol. The summed E-state index contributed by atoms with van der Waals surface area (Å²) in [5.74, 6) is -0.270. The zero-order valence-electron chi connectivity index (χ0n) is 13.9. The van der Waals surface area contributed by atoms with Gasteiger partial charge in [0.2, 0.25) is 16.9 Å². The fourth-order valence-corrected chi connectivity index (χ4v) is 3.68. The SMILES string of the molecule is C=CCNc1nnc(SC(C)C(=O)Nc2ccc(NC(C)=O)cc2)s1. The van der Waals surface area contributed by atoms with E-state index >= 15 is 0 Å². The van der Waals surface area contributed by atoms with Crippen molar-refractivity contribution in [1.29, 1.82) is 0 Å². The van der Waals surface area contributed by atoms with Crippen LogP contribution in [0.3, 0.4) is 0 Å². The second-order valence-electron chi connectivity index (χ2n) is 5.05. The molecule has 1 atom stereocenters. The van der Waals surface area contributed by atoms with Gasteiger partial charge in [0.15, 0.2) is 4.34 Å². The summed E-state index contributed by atoms with van der Waals surface area (Å²) in [6, 6.07) is 6.94. The number of nitrogens with one attached hydrogen (secondary N) is 3. The van der Waals surface area contributed by atoms with Gasteiger partial charge in [-0.15, -0.1) is 16.8 Å².